The van der Waals surface area contributed by atoms with Gasteiger partial charge in [-0.15, -0.1) is 0 Å². The van der Waals surface area contributed by atoms with Crippen LogP contribution in [0.1, 0.15) is 104 Å². The number of nitrogens with one attached hydrogen (secondary N) is 12. The molecule has 0 saturated carbocycles. The number of amides is 11. The number of carbonyl (C=O) groups excluding carboxylic acids is 11. The van der Waals surface area contributed by atoms with Crippen LogP contribution in [0, 0.1) is 11.8 Å². The number of hydrogen-bond donors (Lipinski definition) is 19. The number of aliphatic hydroxyl groups is 2. The number of piperidine rings is 1. The minimum atomic E-state index is -1.69. The van der Waals surface area contributed by atoms with Crippen molar-refractivity contribution in [1.82, 2.24) is 63.8 Å². The Morgan fingerprint density at radius 1 is 0.541 bits per heavy atom. The average Bonchev–Trinajstić information content (AvgIpc) is 3.69. The van der Waals surface area contributed by atoms with Crippen molar-refractivity contribution < 1.29 is 63.0 Å². The lowest BCUT2D eigenvalue weighted by molar-refractivity contribution is -0.137. The van der Waals surface area contributed by atoms with E-state index in [9.17, 15) is 63.0 Å². The second-order valence-corrected chi connectivity index (χ2v) is 22.0. The first-order chi connectivity index (χ1) is 40.5. The van der Waals surface area contributed by atoms with Gasteiger partial charge in [0.1, 0.15) is 60.4 Å². The van der Waals surface area contributed by atoms with Crippen LogP contribution in [0.4, 0.5) is 0 Å². The molecule has 1 unspecified atom stereocenters. The van der Waals surface area contributed by atoms with Crippen LogP contribution in [-0.2, 0) is 59.2 Å². The molecule has 30 nitrogen and oxygen atoms in total. The van der Waals surface area contributed by atoms with Crippen molar-refractivity contribution >= 4 is 65.0 Å². The number of hydrogen-bond acceptors (Lipinski definition) is 19. The summed E-state index contributed by atoms with van der Waals surface area (Å²) in [6.45, 7) is 6.40. The monoisotopic (exact) mass is 1200 g/mol. The van der Waals surface area contributed by atoms with Gasteiger partial charge in [0, 0.05) is 18.9 Å². The standard InChI is InChI=1S/C55H95N17O13/c1-30(2)28-41-52(82)66-36(13-21-57)46(76)65-39(16-24-60)51(81)71-43(31(3)73)54(84)62-27-19-40(49(79)64-37(14-22-58)48(78)70-42(53(83)69-41)29-33-10-6-5-7-11-33)67-47(77)38(15-23-59)68-55(85)44(32(4)74)72-50(80)35(12-8-9-20-56)63-45(75)34-17-25-61-26-18-34/h5-7,10-11,30-32,34-44,61,73-74H,8-9,12-29,56-60H2,1-4H3,(H,62,84)(H,63,75)(H,64,79)(H,65,76)(H,66,82)(H,67,77)(H,68,85)(H,69,83)(H,70,78)(H,71,81)(H,72,80)/t31-,32?,35-,36-,37-,38-,39-,40-,41-,42+,43-,44-/m0/s1. The van der Waals surface area contributed by atoms with Gasteiger partial charge in [-0.2, -0.15) is 0 Å². The summed E-state index contributed by atoms with van der Waals surface area (Å²) >= 11 is 0. The highest BCUT2D eigenvalue weighted by atomic mass is 16.3. The minimum absolute atomic E-state index is 0.0458. The molecule has 85 heavy (non-hydrogen) atoms. The highest BCUT2D eigenvalue weighted by Gasteiger charge is 2.38. The molecule has 30 heteroatoms. The van der Waals surface area contributed by atoms with Crippen molar-refractivity contribution in [2.24, 2.45) is 40.5 Å². The summed E-state index contributed by atoms with van der Waals surface area (Å²) in [5.74, 6) is -10.1. The number of aliphatic hydroxyl groups excluding tert-OH is 2. The van der Waals surface area contributed by atoms with Crippen LogP contribution in [0.5, 0.6) is 0 Å². The van der Waals surface area contributed by atoms with Crippen molar-refractivity contribution in [2.45, 2.75) is 177 Å². The topological polar surface area (TPSA) is 503 Å². The van der Waals surface area contributed by atoms with Gasteiger partial charge in [0.25, 0.3) is 0 Å². The van der Waals surface area contributed by atoms with Gasteiger partial charge in [0.15, 0.2) is 0 Å². The van der Waals surface area contributed by atoms with Crippen LogP contribution in [0.2, 0.25) is 0 Å². The molecule has 1 aromatic rings. The lowest BCUT2D eigenvalue weighted by Gasteiger charge is -2.29. The fourth-order valence-corrected chi connectivity index (χ4v) is 9.57. The molecule has 0 radical (unpaired) electrons. The van der Waals surface area contributed by atoms with Crippen LogP contribution >= 0.6 is 0 Å². The summed E-state index contributed by atoms with van der Waals surface area (Å²) in [5, 5.41) is 53.2. The number of nitrogens with two attached hydrogens (primary N) is 5. The van der Waals surface area contributed by atoms with E-state index in [0.29, 0.717) is 50.9 Å². The van der Waals surface area contributed by atoms with Crippen LogP contribution in [0.3, 0.4) is 0 Å². The normalized spacial score (nSPS) is 23.8. The molecule has 0 bridgehead atoms. The van der Waals surface area contributed by atoms with Crippen molar-refractivity contribution in [3.8, 4) is 0 Å². The lowest BCUT2D eigenvalue weighted by atomic mass is 9.96. The molecule has 3 rings (SSSR count). The van der Waals surface area contributed by atoms with Gasteiger partial charge < -0.3 is 103 Å². The molecule has 478 valence electrons. The second-order valence-electron chi connectivity index (χ2n) is 22.0. The Hall–Kier alpha value is -6.93. The van der Waals surface area contributed by atoms with E-state index in [1.165, 1.54) is 13.8 Å². The van der Waals surface area contributed by atoms with E-state index in [1.807, 2.05) is 0 Å². The Morgan fingerprint density at radius 2 is 1.06 bits per heavy atom. The van der Waals surface area contributed by atoms with E-state index in [4.69, 9.17) is 28.7 Å². The lowest BCUT2D eigenvalue weighted by Crippen LogP contribution is -2.62. The van der Waals surface area contributed by atoms with Gasteiger partial charge in [-0.25, -0.2) is 0 Å². The van der Waals surface area contributed by atoms with Crippen LogP contribution in [0.25, 0.3) is 0 Å². The quantitative estimate of drug-likeness (QED) is 0.0383. The van der Waals surface area contributed by atoms with Crippen molar-refractivity contribution in [3.05, 3.63) is 35.9 Å². The van der Waals surface area contributed by atoms with Gasteiger partial charge in [0.2, 0.25) is 65.0 Å². The Morgan fingerprint density at radius 3 is 1.59 bits per heavy atom. The molecule has 0 aromatic heterocycles. The highest BCUT2D eigenvalue weighted by Crippen LogP contribution is 2.15. The predicted octanol–water partition coefficient (Wildman–Crippen LogP) is -7.07. The van der Waals surface area contributed by atoms with E-state index in [1.54, 1.807) is 44.2 Å². The average molecular weight is 1200 g/mol. The SMILES string of the molecule is CC(C)C[C@@H]1NC(=O)[C@@H](Cc2ccccc2)NC(=O)[C@H](CCN)NC(=O)[C@@H](NC(=O)[C@H](CCN)NC(=O)[C@@H](NC(=O)[C@H](CCCCN)NC(=O)C2CCNCC2)C(C)O)CCNC(=O)[C@H]([C@H](C)O)NC(=O)[C@H](CCN)NC(=O)[C@H](CCN)NC1=O. The number of benzene rings is 1. The molecular formula is C55H95N17O13. The highest BCUT2D eigenvalue weighted by molar-refractivity contribution is 5.99. The fourth-order valence-electron chi connectivity index (χ4n) is 9.57. The molecule has 24 N–H and O–H groups in total. The third-order valence-corrected chi connectivity index (χ3v) is 14.4. The zero-order chi connectivity index (χ0) is 63.2. The van der Waals surface area contributed by atoms with E-state index < -0.39 is 145 Å². The summed E-state index contributed by atoms with van der Waals surface area (Å²) in [5.41, 5.74) is 29.9. The summed E-state index contributed by atoms with van der Waals surface area (Å²) in [4.78, 5) is 155. The molecule has 2 aliphatic heterocycles. The minimum Gasteiger partial charge on any atom is -0.391 e. The van der Waals surface area contributed by atoms with Crippen LogP contribution in [0.15, 0.2) is 30.3 Å². The number of carbonyl (C=O) groups is 11. The van der Waals surface area contributed by atoms with Gasteiger partial charge in [-0.05, 0) is 142 Å². The number of unbranched alkanes of at least 4 members (excludes halogenated alkanes) is 1. The molecule has 0 spiro atoms. The molecule has 12 atom stereocenters. The molecular weight excluding hydrogens is 1110 g/mol. The van der Waals surface area contributed by atoms with E-state index in [2.05, 4.69) is 63.8 Å². The van der Waals surface area contributed by atoms with Crippen LogP contribution in [-0.4, -0.2) is 200 Å². The summed E-state index contributed by atoms with van der Waals surface area (Å²) in [6, 6.07) is -6.13. The van der Waals surface area contributed by atoms with Gasteiger partial charge >= 0.3 is 0 Å². The molecule has 2 heterocycles. The first-order valence-corrected chi connectivity index (χ1v) is 29.4. The first kappa shape index (κ1) is 72.3. The van der Waals surface area contributed by atoms with Gasteiger partial charge in [-0.3, -0.25) is 52.7 Å². The summed E-state index contributed by atoms with van der Waals surface area (Å²) < 4.78 is 0. The molecule has 2 saturated heterocycles. The molecule has 2 fully saturated rings. The smallest absolute Gasteiger partial charge is 0.245 e. The maximum atomic E-state index is 14.6. The van der Waals surface area contributed by atoms with Crippen molar-refractivity contribution in [1.29, 1.82) is 0 Å². The van der Waals surface area contributed by atoms with Crippen LogP contribution < -0.4 is 92.5 Å². The second kappa shape index (κ2) is 38.2. The Balaban J connectivity index is 2.09. The molecule has 1 aromatic carbocycles. The fraction of sp³-hybridized carbons (Fsp3) is 0.691. The van der Waals surface area contributed by atoms with Gasteiger partial charge in [0.05, 0.1) is 12.2 Å². The largest absolute Gasteiger partial charge is 0.391 e. The Kier molecular flexibility index (Phi) is 32.5. The molecule has 2 aliphatic rings. The summed E-state index contributed by atoms with van der Waals surface area (Å²) in [6.07, 6.45) is -2.24. The first-order valence-electron chi connectivity index (χ1n) is 29.4. The zero-order valence-corrected chi connectivity index (χ0v) is 49.4. The Bertz CT molecular complexity index is 2350. The van der Waals surface area contributed by atoms with E-state index in [0.717, 1.165) is 0 Å². The predicted molar refractivity (Wildman–Crippen MR) is 313 cm³/mol. The van der Waals surface area contributed by atoms with Crippen molar-refractivity contribution in [3.63, 3.8) is 0 Å². The molecule has 0 aliphatic carbocycles. The maximum Gasteiger partial charge on any atom is 0.245 e. The van der Waals surface area contributed by atoms with E-state index in [-0.39, 0.29) is 88.9 Å². The third kappa shape index (κ3) is 24.9. The molecule has 11 amide bonds. The Labute approximate surface area is 496 Å². The van der Waals surface area contributed by atoms with Crippen molar-refractivity contribution in [2.75, 3.05) is 52.4 Å². The zero-order valence-electron chi connectivity index (χ0n) is 49.4. The van der Waals surface area contributed by atoms with E-state index >= 15 is 0 Å². The number of rotatable bonds is 26. The third-order valence-electron chi connectivity index (χ3n) is 14.4. The van der Waals surface area contributed by atoms with Gasteiger partial charge in [-0.1, -0.05) is 44.2 Å². The maximum absolute atomic E-state index is 14.6. The summed E-state index contributed by atoms with van der Waals surface area (Å²) in [7, 11) is 0.